The zero-order valence-corrected chi connectivity index (χ0v) is 14.3. The first-order chi connectivity index (χ1) is 11.9. The predicted molar refractivity (Wildman–Crippen MR) is 91.7 cm³/mol. The van der Waals surface area contributed by atoms with Gasteiger partial charge in [-0.25, -0.2) is 8.78 Å². The molecule has 0 heterocycles. The molecule has 0 radical (unpaired) electrons. The molecule has 1 amide bonds. The lowest BCUT2D eigenvalue weighted by atomic mass is 10.0. The summed E-state index contributed by atoms with van der Waals surface area (Å²) in [4.78, 5) is 16.2. The molecule has 0 saturated carbocycles. The maximum absolute atomic E-state index is 13.6. The number of halogens is 2. The first-order valence-electron chi connectivity index (χ1n) is 7.98. The van der Waals surface area contributed by atoms with Crippen LogP contribution in [-0.4, -0.2) is 48.1 Å². The number of carbonyl (C=O) groups is 1. The van der Waals surface area contributed by atoms with Gasteiger partial charge in [0.2, 0.25) is 5.91 Å². The van der Waals surface area contributed by atoms with Gasteiger partial charge < -0.3 is 10.0 Å². The van der Waals surface area contributed by atoms with Crippen molar-refractivity contribution in [2.24, 2.45) is 0 Å². The smallest absolute Gasteiger partial charge is 0.244 e. The standard InChI is InChI=1S/C19H22F2N2O2/c1-22(2)18(15-4-3-5-17(21)12-15)19(25)23(10-11-24)13-14-6-8-16(20)9-7-14/h3-9,12,18,24H,10-11,13H2,1-2H3/t18-/m1/s1. The highest BCUT2D eigenvalue weighted by molar-refractivity contribution is 5.83. The first-order valence-corrected chi connectivity index (χ1v) is 7.98. The number of hydrogen-bond donors (Lipinski definition) is 1. The van der Waals surface area contributed by atoms with Crippen molar-refractivity contribution in [1.29, 1.82) is 0 Å². The summed E-state index contributed by atoms with van der Waals surface area (Å²) in [7, 11) is 3.48. The minimum Gasteiger partial charge on any atom is -0.395 e. The number of likely N-dealkylation sites (N-methyl/N-ethyl adjacent to an activating group) is 1. The molecule has 4 nitrogen and oxygen atoms in total. The highest BCUT2D eigenvalue weighted by atomic mass is 19.1. The van der Waals surface area contributed by atoms with Gasteiger partial charge in [-0.3, -0.25) is 9.69 Å². The van der Waals surface area contributed by atoms with Crippen molar-refractivity contribution >= 4 is 5.91 Å². The number of rotatable bonds is 7. The lowest BCUT2D eigenvalue weighted by molar-refractivity contribution is -0.137. The van der Waals surface area contributed by atoms with E-state index < -0.39 is 11.9 Å². The topological polar surface area (TPSA) is 43.8 Å². The molecule has 0 spiro atoms. The summed E-state index contributed by atoms with van der Waals surface area (Å²) < 4.78 is 26.6. The largest absolute Gasteiger partial charge is 0.395 e. The highest BCUT2D eigenvalue weighted by Crippen LogP contribution is 2.23. The number of benzene rings is 2. The minimum absolute atomic E-state index is 0.135. The summed E-state index contributed by atoms with van der Waals surface area (Å²) in [6, 6.07) is 11.1. The highest BCUT2D eigenvalue weighted by Gasteiger charge is 2.28. The Kier molecular flexibility index (Phi) is 6.61. The number of amides is 1. The van der Waals surface area contributed by atoms with Crippen LogP contribution in [-0.2, 0) is 11.3 Å². The van der Waals surface area contributed by atoms with Crippen LogP contribution in [0.1, 0.15) is 17.2 Å². The van der Waals surface area contributed by atoms with E-state index in [4.69, 9.17) is 0 Å². The summed E-state index contributed by atoms with van der Waals surface area (Å²) in [6.07, 6.45) is 0. The Morgan fingerprint density at radius 3 is 2.32 bits per heavy atom. The average molecular weight is 348 g/mol. The Morgan fingerprint density at radius 1 is 1.08 bits per heavy atom. The van der Waals surface area contributed by atoms with Gasteiger partial charge in [-0.1, -0.05) is 24.3 Å². The number of aliphatic hydroxyl groups is 1. The Hall–Kier alpha value is -2.31. The quantitative estimate of drug-likeness (QED) is 0.836. The molecule has 0 unspecified atom stereocenters. The molecule has 0 bridgehead atoms. The van der Waals surface area contributed by atoms with Gasteiger partial charge in [0.05, 0.1) is 6.61 Å². The molecule has 0 fully saturated rings. The third kappa shape index (κ3) is 5.08. The fourth-order valence-corrected chi connectivity index (χ4v) is 2.71. The molecule has 25 heavy (non-hydrogen) atoms. The van der Waals surface area contributed by atoms with E-state index in [2.05, 4.69) is 0 Å². The fraction of sp³-hybridized carbons (Fsp3) is 0.316. The van der Waals surface area contributed by atoms with E-state index in [1.54, 1.807) is 43.3 Å². The summed E-state index contributed by atoms with van der Waals surface area (Å²) in [5.41, 5.74) is 1.29. The van der Waals surface area contributed by atoms with E-state index in [0.29, 0.717) is 5.56 Å². The lowest BCUT2D eigenvalue weighted by Gasteiger charge is -2.31. The molecule has 2 aromatic rings. The van der Waals surface area contributed by atoms with Gasteiger partial charge in [0.15, 0.2) is 0 Å². The molecule has 6 heteroatoms. The van der Waals surface area contributed by atoms with Crippen molar-refractivity contribution < 1.29 is 18.7 Å². The summed E-state index contributed by atoms with van der Waals surface area (Å²) in [6.45, 7) is 0.172. The van der Waals surface area contributed by atoms with Crippen LogP contribution < -0.4 is 0 Å². The maximum Gasteiger partial charge on any atom is 0.244 e. The van der Waals surface area contributed by atoms with Crippen molar-refractivity contribution in [3.05, 3.63) is 71.3 Å². The van der Waals surface area contributed by atoms with Crippen molar-refractivity contribution in [2.45, 2.75) is 12.6 Å². The summed E-state index contributed by atoms with van der Waals surface area (Å²) in [5, 5.41) is 9.32. The molecule has 134 valence electrons. The second-order valence-corrected chi connectivity index (χ2v) is 6.03. The first kappa shape index (κ1) is 19.0. The molecule has 0 aliphatic heterocycles. The number of hydrogen-bond acceptors (Lipinski definition) is 3. The van der Waals surface area contributed by atoms with Crippen molar-refractivity contribution in [2.75, 3.05) is 27.2 Å². The van der Waals surface area contributed by atoms with Crippen molar-refractivity contribution in [3.8, 4) is 0 Å². The number of nitrogens with zero attached hydrogens (tertiary/aromatic N) is 2. The Labute approximate surface area is 146 Å². The number of carbonyl (C=O) groups excluding carboxylic acids is 1. The van der Waals surface area contributed by atoms with Crippen LogP contribution in [0.25, 0.3) is 0 Å². The normalized spacial score (nSPS) is 12.2. The van der Waals surface area contributed by atoms with Gasteiger partial charge in [-0.2, -0.15) is 0 Å². The second-order valence-electron chi connectivity index (χ2n) is 6.03. The van der Waals surface area contributed by atoms with Crippen LogP contribution in [0.2, 0.25) is 0 Å². The molecule has 1 N–H and O–H groups in total. The molecule has 2 aromatic carbocycles. The van der Waals surface area contributed by atoms with Gasteiger partial charge in [0, 0.05) is 13.1 Å². The van der Waals surface area contributed by atoms with Crippen LogP contribution in [0.3, 0.4) is 0 Å². The van der Waals surface area contributed by atoms with E-state index in [1.807, 2.05) is 0 Å². The molecule has 1 atom stereocenters. The van der Waals surface area contributed by atoms with Gasteiger partial charge in [-0.05, 0) is 49.5 Å². The van der Waals surface area contributed by atoms with Crippen molar-refractivity contribution in [1.82, 2.24) is 9.80 Å². The van der Waals surface area contributed by atoms with Crippen LogP contribution >= 0.6 is 0 Å². The zero-order chi connectivity index (χ0) is 18.4. The van der Waals surface area contributed by atoms with Gasteiger partial charge in [0.1, 0.15) is 17.7 Å². The van der Waals surface area contributed by atoms with E-state index in [-0.39, 0.29) is 31.4 Å². The van der Waals surface area contributed by atoms with Crippen LogP contribution in [0.5, 0.6) is 0 Å². The Morgan fingerprint density at radius 2 is 1.76 bits per heavy atom. The third-order valence-electron chi connectivity index (χ3n) is 3.88. The van der Waals surface area contributed by atoms with Crippen molar-refractivity contribution in [3.63, 3.8) is 0 Å². The minimum atomic E-state index is -0.678. The number of aliphatic hydroxyl groups excluding tert-OH is 1. The summed E-state index contributed by atoms with van der Waals surface area (Å²) in [5.74, 6) is -1.02. The average Bonchev–Trinajstić information content (AvgIpc) is 2.56. The third-order valence-corrected chi connectivity index (χ3v) is 3.88. The molecule has 0 aliphatic rings. The Bertz CT molecular complexity index is 705. The second kappa shape index (κ2) is 8.69. The maximum atomic E-state index is 13.6. The van der Waals surface area contributed by atoms with Gasteiger partial charge in [0.25, 0.3) is 0 Å². The Balaban J connectivity index is 2.27. The van der Waals surface area contributed by atoms with Gasteiger partial charge >= 0.3 is 0 Å². The van der Waals surface area contributed by atoms with E-state index in [0.717, 1.165) is 5.56 Å². The monoisotopic (exact) mass is 348 g/mol. The molecular weight excluding hydrogens is 326 g/mol. The molecule has 0 saturated heterocycles. The van der Waals surface area contributed by atoms with E-state index >= 15 is 0 Å². The molecule has 0 aliphatic carbocycles. The predicted octanol–water partition coefficient (Wildman–Crippen LogP) is 2.59. The van der Waals surface area contributed by atoms with Crippen LogP contribution in [0, 0.1) is 11.6 Å². The zero-order valence-electron chi connectivity index (χ0n) is 14.3. The van der Waals surface area contributed by atoms with Gasteiger partial charge in [-0.15, -0.1) is 0 Å². The van der Waals surface area contributed by atoms with E-state index in [9.17, 15) is 18.7 Å². The van der Waals surface area contributed by atoms with Crippen LogP contribution in [0.4, 0.5) is 8.78 Å². The lowest BCUT2D eigenvalue weighted by Crippen LogP contribution is -2.41. The summed E-state index contributed by atoms with van der Waals surface area (Å²) >= 11 is 0. The van der Waals surface area contributed by atoms with E-state index in [1.165, 1.54) is 29.2 Å². The SMILES string of the molecule is CN(C)[C@@H](C(=O)N(CCO)Cc1ccc(F)cc1)c1cccc(F)c1. The molecule has 0 aromatic heterocycles. The molecular formula is C19H22F2N2O2. The molecule has 2 rings (SSSR count). The fourth-order valence-electron chi connectivity index (χ4n) is 2.71. The van der Waals surface area contributed by atoms with Crippen LogP contribution in [0.15, 0.2) is 48.5 Å².